The first-order chi connectivity index (χ1) is 15.7. The van der Waals surface area contributed by atoms with E-state index in [0.29, 0.717) is 24.5 Å². The summed E-state index contributed by atoms with van der Waals surface area (Å²) in [6.07, 6.45) is 2.73. The van der Waals surface area contributed by atoms with Crippen LogP contribution in [0.3, 0.4) is 0 Å². The molecule has 1 amide bonds. The molecule has 2 aromatic heterocycles. The number of piperidine rings is 1. The van der Waals surface area contributed by atoms with Crippen molar-refractivity contribution in [3.63, 3.8) is 0 Å². The molecule has 0 aliphatic carbocycles. The van der Waals surface area contributed by atoms with E-state index in [1.54, 1.807) is 36.5 Å². The second-order valence-corrected chi connectivity index (χ2v) is 11.3. The molecule has 10 heteroatoms. The van der Waals surface area contributed by atoms with E-state index in [9.17, 15) is 18.0 Å². The van der Waals surface area contributed by atoms with Crippen LogP contribution < -0.4 is 10.9 Å². The molecular formula is C23H26N4O4S2. The summed E-state index contributed by atoms with van der Waals surface area (Å²) in [5, 5.41) is 7.07. The summed E-state index contributed by atoms with van der Waals surface area (Å²) in [6.45, 7) is 4.51. The predicted molar refractivity (Wildman–Crippen MR) is 129 cm³/mol. The Bertz CT molecular complexity index is 1340. The molecule has 33 heavy (non-hydrogen) atoms. The SMILES string of the molecule is Cc1ccc(-c2ccc(=O)n(CC(=O)Nc3cc(S(=O)(=O)N4CCCCC4)ccc3C)n2)s1. The van der Waals surface area contributed by atoms with E-state index in [1.807, 2.05) is 19.1 Å². The number of anilines is 1. The predicted octanol–water partition coefficient (Wildman–Crippen LogP) is 3.40. The van der Waals surface area contributed by atoms with Crippen LogP contribution in [0.2, 0.25) is 0 Å². The lowest BCUT2D eigenvalue weighted by Crippen LogP contribution is -2.35. The zero-order valence-corrected chi connectivity index (χ0v) is 20.2. The Morgan fingerprint density at radius 2 is 1.82 bits per heavy atom. The minimum atomic E-state index is -3.62. The number of rotatable bonds is 6. The minimum absolute atomic E-state index is 0.149. The molecule has 0 spiro atoms. The van der Waals surface area contributed by atoms with Crippen LogP contribution in [0.15, 0.2) is 52.2 Å². The number of carbonyl (C=O) groups is 1. The fourth-order valence-electron chi connectivity index (χ4n) is 3.74. The summed E-state index contributed by atoms with van der Waals surface area (Å²) in [6, 6.07) is 11.7. The van der Waals surface area contributed by atoms with E-state index < -0.39 is 15.9 Å². The molecule has 8 nitrogen and oxygen atoms in total. The average Bonchev–Trinajstić information content (AvgIpc) is 3.23. The summed E-state index contributed by atoms with van der Waals surface area (Å²) in [4.78, 5) is 27.2. The number of aryl methyl sites for hydroxylation is 2. The number of benzene rings is 1. The molecule has 0 radical (unpaired) electrons. The summed E-state index contributed by atoms with van der Waals surface area (Å²) < 4.78 is 28.6. The van der Waals surface area contributed by atoms with Gasteiger partial charge >= 0.3 is 0 Å². The number of hydrogen-bond acceptors (Lipinski definition) is 6. The molecule has 4 rings (SSSR count). The van der Waals surface area contributed by atoms with Crippen molar-refractivity contribution in [3.05, 3.63) is 63.3 Å². The van der Waals surface area contributed by atoms with Crippen LogP contribution in [-0.2, 0) is 21.4 Å². The van der Waals surface area contributed by atoms with Crippen LogP contribution in [-0.4, -0.2) is 41.5 Å². The van der Waals surface area contributed by atoms with Crippen LogP contribution in [0, 0.1) is 13.8 Å². The molecule has 3 aromatic rings. The summed E-state index contributed by atoms with van der Waals surface area (Å²) in [5.41, 5.74) is 1.35. The number of carbonyl (C=O) groups excluding carboxylic acids is 1. The Hall–Kier alpha value is -2.82. The molecule has 3 heterocycles. The number of amides is 1. The van der Waals surface area contributed by atoms with Gasteiger partial charge in [-0.25, -0.2) is 13.1 Å². The molecule has 0 bridgehead atoms. The number of sulfonamides is 1. The van der Waals surface area contributed by atoms with Crippen molar-refractivity contribution in [1.82, 2.24) is 14.1 Å². The van der Waals surface area contributed by atoms with Crippen LogP contribution in [0.25, 0.3) is 10.6 Å². The van der Waals surface area contributed by atoms with Gasteiger partial charge in [-0.3, -0.25) is 9.59 Å². The zero-order chi connectivity index (χ0) is 23.6. The largest absolute Gasteiger partial charge is 0.324 e. The number of thiophene rings is 1. The first kappa shape index (κ1) is 23.3. The highest BCUT2D eigenvalue weighted by Gasteiger charge is 2.26. The lowest BCUT2D eigenvalue weighted by Gasteiger charge is -2.26. The molecule has 1 aromatic carbocycles. The third-order valence-electron chi connectivity index (χ3n) is 5.59. The molecule has 1 aliphatic rings. The fraction of sp³-hybridized carbons (Fsp3) is 0.348. The highest BCUT2D eigenvalue weighted by Crippen LogP contribution is 2.26. The van der Waals surface area contributed by atoms with Crippen LogP contribution in [0.4, 0.5) is 5.69 Å². The van der Waals surface area contributed by atoms with Gasteiger partial charge in [0.05, 0.1) is 9.77 Å². The topological polar surface area (TPSA) is 101 Å². The van der Waals surface area contributed by atoms with Gasteiger partial charge in [-0.1, -0.05) is 12.5 Å². The summed E-state index contributed by atoms with van der Waals surface area (Å²) in [7, 11) is -3.62. The normalized spacial score (nSPS) is 14.8. The Kier molecular flexibility index (Phi) is 6.78. The number of hydrogen-bond donors (Lipinski definition) is 1. The quantitative estimate of drug-likeness (QED) is 0.575. The van der Waals surface area contributed by atoms with Gasteiger partial charge in [0.25, 0.3) is 5.56 Å². The second-order valence-electron chi connectivity index (χ2n) is 8.11. The van der Waals surface area contributed by atoms with Gasteiger partial charge in [-0.15, -0.1) is 11.3 Å². The van der Waals surface area contributed by atoms with E-state index in [0.717, 1.165) is 39.3 Å². The van der Waals surface area contributed by atoms with Crippen LogP contribution in [0.1, 0.15) is 29.7 Å². The van der Waals surface area contributed by atoms with Crippen molar-refractivity contribution in [3.8, 4) is 10.6 Å². The molecule has 1 saturated heterocycles. The van der Waals surface area contributed by atoms with E-state index in [-0.39, 0.29) is 17.0 Å². The maximum Gasteiger partial charge on any atom is 0.267 e. The summed E-state index contributed by atoms with van der Waals surface area (Å²) in [5.74, 6) is -0.459. The Morgan fingerprint density at radius 3 is 2.52 bits per heavy atom. The van der Waals surface area contributed by atoms with Crippen LogP contribution >= 0.6 is 11.3 Å². The van der Waals surface area contributed by atoms with Gasteiger partial charge in [-0.05, 0) is 62.6 Å². The van der Waals surface area contributed by atoms with Crippen molar-refractivity contribution >= 4 is 33.0 Å². The van der Waals surface area contributed by atoms with Crippen molar-refractivity contribution in [1.29, 1.82) is 0 Å². The minimum Gasteiger partial charge on any atom is -0.324 e. The highest BCUT2D eigenvalue weighted by molar-refractivity contribution is 7.89. The van der Waals surface area contributed by atoms with E-state index in [2.05, 4.69) is 10.4 Å². The molecule has 0 atom stereocenters. The highest BCUT2D eigenvalue weighted by atomic mass is 32.2. The standard InChI is InChI=1S/C23H26N4O4S2/c1-16-6-8-18(33(30,31)26-12-4-3-5-13-26)14-20(16)24-22(28)15-27-23(29)11-9-19(25-27)21-10-7-17(2)32-21/h6-11,14H,3-5,12-13,15H2,1-2H3,(H,24,28). The third-order valence-corrected chi connectivity index (χ3v) is 8.51. The molecule has 1 aliphatic heterocycles. The monoisotopic (exact) mass is 486 g/mol. The number of nitrogens with zero attached hydrogens (tertiary/aromatic N) is 3. The zero-order valence-electron chi connectivity index (χ0n) is 18.6. The average molecular weight is 487 g/mol. The first-order valence-corrected chi connectivity index (χ1v) is 13.1. The lowest BCUT2D eigenvalue weighted by atomic mass is 10.2. The van der Waals surface area contributed by atoms with Crippen molar-refractivity contribution in [2.75, 3.05) is 18.4 Å². The molecule has 1 N–H and O–H groups in total. The van der Waals surface area contributed by atoms with Crippen molar-refractivity contribution < 1.29 is 13.2 Å². The fourth-order valence-corrected chi connectivity index (χ4v) is 6.12. The van der Waals surface area contributed by atoms with Crippen molar-refractivity contribution in [2.24, 2.45) is 0 Å². The number of aromatic nitrogens is 2. The van der Waals surface area contributed by atoms with Gasteiger partial charge in [0.1, 0.15) is 12.2 Å². The Labute approximate surface area is 196 Å². The molecule has 0 unspecified atom stereocenters. The van der Waals surface area contributed by atoms with E-state index in [1.165, 1.54) is 16.4 Å². The number of nitrogens with one attached hydrogen (secondary N) is 1. The Balaban J connectivity index is 1.53. The van der Waals surface area contributed by atoms with Crippen LogP contribution in [0.5, 0.6) is 0 Å². The second kappa shape index (κ2) is 9.58. The maximum absolute atomic E-state index is 13.0. The van der Waals surface area contributed by atoms with Gasteiger partial charge in [0.2, 0.25) is 15.9 Å². The van der Waals surface area contributed by atoms with Gasteiger partial charge in [0.15, 0.2) is 0 Å². The Morgan fingerprint density at radius 1 is 1.06 bits per heavy atom. The summed E-state index contributed by atoms with van der Waals surface area (Å²) >= 11 is 1.56. The smallest absolute Gasteiger partial charge is 0.267 e. The maximum atomic E-state index is 13.0. The first-order valence-electron chi connectivity index (χ1n) is 10.8. The third kappa shape index (κ3) is 5.23. The van der Waals surface area contributed by atoms with Crippen molar-refractivity contribution in [2.45, 2.75) is 44.6 Å². The van der Waals surface area contributed by atoms with Gasteiger partial charge in [-0.2, -0.15) is 9.40 Å². The van der Waals surface area contributed by atoms with E-state index >= 15 is 0 Å². The molecule has 174 valence electrons. The molecule has 1 fully saturated rings. The van der Waals surface area contributed by atoms with E-state index in [4.69, 9.17) is 0 Å². The van der Waals surface area contributed by atoms with Gasteiger partial charge < -0.3 is 5.32 Å². The molecular weight excluding hydrogens is 460 g/mol. The molecule has 0 saturated carbocycles. The lowest BCUT2D eigenvalue weighted by molar-refractivity contribution is -0.117. The van der Waals surface area contributed by atoms with Gasteiger partial charge in [0, 0.05) is 29.7 Å².